The van der Waals surface area contributed by atoms with Crippen molar-refractivity contribution in [3.8, 4) is 0 Å². The van der Waals surface area contributed by atoms with Gasteiger partial charge in [0.25, 0.3) is 0 Å². The molecule has 26 heavy (non-hydrogen) atoms. The zero-order valence-corrected chi connectivity index (χ0v) is 15.2. The van der Waals surface area contributed by atoms with Crippen molar-refractivity contribution in [2.24, 2.45) is 0 Å². The minimum atomic E-state index is 0.0117. The zero-order valence-electron chi connectivity index (χ0n) is 14.4. The number of aromatic nitrogens is 2. The van der Waals surface area contributed by atoms with Gasteiger partial charge in [0.1, 0.15) is 0 Å². The molecule has 1 aliphatic rings. The summed E-state index contributed by atoms with van der Waals surface area (Å²) in [5, 5.41) is 5.93. The topological polar surface area (TPSA) is 59.2 Å². The Labute approximate surface area is 156 Å². The Hall–Kier alpha value is -2.73. The lowest BCUT2D eigenvalue weighted by atomic mass is 9.89. The van der Waals surface area contributed by atoms with Crippen LogP contribution in [0.4, 0.5) is 0 Å². The Morgan fingerprint density at radius 2 is 2.00 bits per heavy atom. The lowest BCUT2D eigenvalue weighted by Gasteiger charge is -2.15. The van der Waals surface area contributed by atoms with Crippen LogP contribution in [-0.2, 0) is 4.79 Å². The Morgan fingerprint density at radius 1 is 1.19 bits per heavy atom. The second-order valence-electron chi connectivity index (χ2n) is 6.40. The molecule has 0 radical (unpaired) electrons. The molecule has 1 aliphatic heterocycles. The molecule has 4 rings (SSSR count). The number of benzene rings is 1. The van der Waals surface area contributed by atoms with Crippen molar-refractivity contribution in [3.63, 3.8) is 0 Å². The van der Waals surface area contributed by atoms with Gasteiger partial charge in [-0.2, -0.15) is 4.98 Å². The Kier molecular flexibility index (Phi) is 4.67. The number of thiophene rings is 1. The number of likely N-dealkylation sites (tertiary alicyclic amines) is 1. The standard InChI is InChI=1S/C20H19N3O2S/c1-14-21-20(25-22-14)18-13-23(12-17(18)15-6-3-2-4-7-15)19(24)10-9-16-8-5-11-26-16/h2-11,17-18H,12-13H2,1H3/b10-9-/t17-,18+/m1/s1. The third-order valence-electron chi connectivity index (χ3n) is 4.65. The number of rotatable bonds is 4. The van der Waals surface area contributed by atoms with Gasteiger partial charge in [-0.15, -0.1) is 11.3 Å². The lowest BCUT2D eigenvalue weighted by molar-refractivity contribution is -0.125. The summed E-state index contributed by atoms with van der Waals surface area (Å²) in [6, 6.07) is 14.2. The normalized spacial score (nSPS) is 20.1. The molecule has 5 nitrogen and oxygen atoms in total. The SMILES string of the molecule is Cc1noc([C@H]2CN(C(=O)/C=C\c3cccs3)C[C@@H]2c2ccccc2)n1. The van der Waals surface area contributed by atoms with E-state index in [1.807, 2.05) is 53.6 Å². The van der Waals surface area contributed by atoms with Gasteiger partial charge in [-0.05, 0) is 30.0 Å². The van der Waals surface area contributed by atoms with Crippen molar-refractivity contribution >= 4 is 23.3 Å². The van der Waals surface area contributed by atoms with Gasteiger partial charge in [-0.3, -0.25) is 4.79 Å². The molecule has 0 spiro atoms. The van der Waals surface area contributed by atoms with E-state index in [0.717, 1.165) is 4.88 Å². The summed E-state index contributed by atoms with van der Waals surface area (Å²) in [5.41, 5.74) is 1.19. The molecule has 1 saturated heterocycles. The van der Waals surface area contributed by atoms with E-state index in [-0.39, 0.29) is 17.7 Å². The fourth-order valence-corrected chi connectivity index (χ4v) is 4.00. The van der Waals surface area contributed by atoms with Crippen LogP contribution in [0.1, 0.15) is 34.0 Å². The van der Waals surface area contributed by atoms with Gasteiger partial charge in [-0.1, -0.05) is 41.6 Å². The molecule has 1 aromatic carbocycles. The Balaban J connectivity index is 1.57. The highest BCUT2D eigenvalue weighted by atomic mass is 32.1. The number of hydrogen-bond acceptors (Lipinski definition) is 5. The van der Waals surface area contributed by atoms with Crippen molar-refractivity contribution in [1.29, 1.82) is 0 Å². The lowest BCUT2D eigenvalue weighted by Crippen LogP contribution is -2.26. The number of hydrogen-bond donors (Lipinski definition) is 0. The number of aryl methyl sites for hydroxylation is 1. The van der Waals surface area contributed by atoms with Gasteiger partial charge in [0.2, 0.25) is 11.8 Å². The third kappa shape index (κ3) is 3.46. The predicted octanol–water partition coefficient (Wildman–Crippen LogP) is 3.86. The number of amides is 1. The third-order valence-corrected chi connectivity index (χ3v) is 5.49. The first-order valence-corrected chi connectivity index (χ1v) is 9.44. The molecular formula is C20H19N3O2S. The summed E-state index contributed by atoms with van der Waals surface area (Å²) >= 11 is 1.61. The molecule has 2 atom stereocenters. The van der Waals surface area contributed by atoms with Gasteiger partial charge >= 0.3 is 0 Å². The van der Waals surface area contributed by atoms with Crippen LogP contribution in [0.25, 0.3) is 6.08 Å². The molecule has 0 bridgehead atoms. The van der Waals surface area contributed by atoms with E-state index < -0.39 is 0 Å². The van der Waals surface area contributed by atoms with E-state index in [0.29, 0.717) is 24.8 Å². The first kappa shape index (κ1) is 16.7. The summed E-state index contributed by atoms with van der Waals surface area (Å²) in [6.07, 6.45) is 3.52. The summed E-state index contributed by atoms with van der Waals surface area (Å²) in [4.78, 5) is 20.0. The maximum absolute atomic E-state index is 12.7. The number of nitrogens with zero attached hydrogens (tertiary/aromatic N) is 3. The maximum atomic E-state index is 12.7. The molecule has 0 N–H and O–H groups in total. The molecular weight excluding hydrogens is 346 g/mol. The summed E-state index contributed by atoms with van der Waals surface area (Å²) in [5.74, 6) is 1.40. The monoisotopic (exact) mass is 365 g/mol. The number of carbonyl (C=O) groups is 1. The van der Waals surface area contributed by atoms with E-state index in [4.69, 9.17) is 4.52 Å². The maximum Gasteiger partial charge on any atom is 0.246 e. The quantitative estimate of drug-likeness (QED) is 0.659. The first-order chi connectivity index (χ1) is 12.7. The second kappa shape index (κ2) is 7.25. The minimum absolute atomic E-state index is 0.0117. The average molecular weight is 365 g/mol. The summed E-state index contributed by atoms with van der Waals surface area (Å²) < 4.78 is 5.43. The van der Waals surface area contributed by atoms with Gasteiger partial charge in [0, 0.05) is 30.0 Å². The van der Waals surface area contributed by atoms with Crippen molar-refractivity contribution in [1.82, 2.24) is 15.0 Å². The molecule has 6 heteroatoms. The van der Waals surface area contributed by atoms with Crippen LogP contribution in [0.15, 0.2) is 58.4 Å². The molecule has 0 saturated carbocycles. The number of carbonyl (C=O) groups excluding carboxylic acids is 1. The van der Waals surface area contributed by atoms with Gasteiger partial charge in [0.15, 0.2) is 5.82 Å². The van der Waals surface area contributed by atoms with Crippen LogP contribution < -0.4 is 0 Å². The van der Waals surface area contributed by atoms with Crippen molar-refractivity contribution < 1.29 is 9.32 Å². The molecule has 1 amide bonds. The van der Waals surface area contributed by atoms with Crippen LogP contribution in [0, 0.1) is 6.92 Å². The summed E-state index contributed by atoms with van der Waals surface area (Å²) in [7, 11) is 0. The molecule has 132 valence electrons. The first-order valence-electron chi connectivity index (χ1n) is 8.56. The highest BCUT2D eigenvalue weighted by Gasteiger charge is 2.39. The highest BCUT2D eigenvalue weighted by molar-refractivity contribution is 7.10. The Bertz CT molecular complexity index is 902. The van der Waals surface area contributed by atoms with Gasteiger partial charge < -0.3 is 9.42 Å². The largest absolute Gasteiger partial charge is 0.339 e. The van der Waals surface area contributed by atoms with Gasteiger partial charge in [0.05, 0.1) is 5.92 Å². The van der Waals surface area contributed by atoms with E-state index in [1.54, 1.807) is 17.4 Å². The zero-order chi connectivity index (χ0) is 17.9. The Morgan fingerprint density at radius 3 is 2.69 bits per heavy atom. The van der Waals surface area contributed by atoms with Crippen molar-refractivity contribution in [3.05, 3.63) is 76.1 Å². The van der Waals surface area contributed by atoms with E-state index in [1.165, 1.54) is 5.56 Å². The van der Waals surface area contributed by atoms with Crippen LogP contribution in [0.3, 0.4) is 0 Å². The molecule has 3 aromatic rings. The molecule has 3 heterocycles. The van der Waals surface area contributed by atoms with Crippen LogP contribution >= 0.6 is 11.3 Å². The van der Waals surface area contributed by atoms with Gasteiger partial charge in [-0.25, -0.2) is 0 Å². The molecule has 0 unspecified atom stereocenters. The van der Waals surface area contributed by atoms with E-state index in [2.05, 4.69) is 22.3 Å². The molecule has 0 aliphatic carbocycles. The predicted molar refractivity (Wildman–Crippen MR) is 101 cm³/mol. The average Bonchev–Trinajstić information content (AvgIpc) is 3.40. The van der Waals surface area contributed by atoms with Crippen LogP contribution in [-0.4, -0.2) is 34.0 Å². The summed E-state index contributed by atoms with van der Waals surface area (Å²) in [6.45, 7) is 3.03. The minimum Gasteiger partial charge on any atom is -0.339 e. The smallest absolute Gasteiger partial charge is 0.246 e. The van der Waals surface area contributed by atoms with E-state index in [9.17, 15) is 4.79 Å². The fraction of sp³-hybridized carbons (Fsp3) is 0.250. The van der Waals surface area contributed by atoms with Crippen molar-refractivity contribution in [2.45, 2.75) is 18.8 Å². The van der Waals surface area contributed by atoms with Crippen LogP contribution in [0.2, 0.25) is 0 Å². The van der Waals surface area contributed by atoms with Crippen LogP contribution in [0.5, 0.6) is 0 Å². The second-order valence-corrected chi connectivity index (χ2v) is 7.37. The highest BCUT2D eigenvalue weighted by Crippen LogP contribution is 2.39. The molecule has 1 fully saturated rings. The fourth-order valence-electron chi connectivity index (χ4n) is 3.38. The molecule has 2 aromatic heterocycles. The van der Waals surface area contributed by atoms with Crippen molar-refractivity contribution in [2.75, 3.05) is 13.1 Å². The van der Waals surface area contributed by atoms with E-state index >= 15 is 0 Å².